The van der Waals surface area contributed by atoms with Crippen molar-refractivity contribution in [3.8, 4) is 16.9 Å². The highest BCUT2D eigenvalue weighted by molar-refractivity contribution is 6.31. The fraction of sp³-hybridized carbons (Fsp3) is 0.310. The van der Waals surface area contributed by atoms with E-state index in [1.54, 1.807) is 35.6 Å². The Hall–Kier alpha value is -3.69. The molecule has 5 heterocycles. The summed E-state index contributed by atoms with van der Waals surface area (Å²) in [6.45, 7) is 6.59. The molecule has 0 radical (unpaired) electrons. The van der Waals surface area contributed by atoms with E-state index in [0.717, 1.165) is 23.1 Å². The number of aryl methyl sites for hydroxylation is 2. The van der Waals surface area contributed by atoms with Crippen LogP contribution in [-0.4, -0.2) is 38.1 Å². The van der Waals surface area contributed by atoms with Crippen LogP contribution in [-0.2, 0) is 0 Å². The number of hydrogen-bond acceptors (Lipinski definition) is 6. The Morgan fingerprint density at radius 2 is 1.85 bits per heavy atom. The lowest BCUT2D eigenvalue weighted by atomic mass is 9.93. The van der Waals surface area contributed by atoms with E-state index in [1.165, 1.54) is 16.8 Å². The van der Waals surface area contributed by atoms with Gasteiger partial charge in [0.2, 0.25) is 0 Å². The number of nitrogens with zero attached hydrogens (tertiary/aromatic N) is 5. The lowest BCUT2D eigenvalue weighted by molar-refractivity contribution is 0.358. The molecule has 39 heavy (non-hydrogen) atoms. The van der Waals surface area contributed by atoms with E-state index < -0.39 is 5.82 Å². The van der Waals surface area contributed by atoms with Crippen molar-refractivity contribution in [1.82, 2.24) is 19.5 Å². The zero-order chi connectivity index (χ0) is 27.6. The van der Waals surface area contributed by atoms with E-state index in [0.29, 0.717) is 30.2 Å². The number of hydrogen-bond donors (Lipinski definition) is 1. The Kier molecular flexibility index (Phi) is 6.04. The minimum atomic E-state index is -0.487. The van der Waals surface area contributed by atoms with Gasteiger partial charge < -0.3 is 10.6 Å². The molecule has 0 amide bonds. The van der Waals surface area contributed by atoms with Crippen LogP contribution in [0.1, 0.15) is 47.6 Å². The molecule has 0 spiro atoms. The van der Waals surface area contributed by atoms with Crippen LogP contribution < -0.4 is 16.2 Å². The van der Waals surface area contributed by atoms with Gasteiger partial charge in [0, 0.05) is 48.5 Å². The highest BCUT2D eigenvalue weighted by atomic mass is 35.5. The predicted molar refractivity (Wildman–Crippen MR) is 147 cm³/mol. The van der Waals surface area contributed by atoms with E-state index in [2.05, 4.69) is 15.0 Å². The molecule has 1 saturated carbocycles. The smallest absolute Gasteiger partial charge is 0.274 e. The molecule has 6 rings (SSSR count). The Balaban J connectivity index is 1.36. The third kappa shape index (κ3) is 4.49. The highest BCUT2D eigenvalue weighted by Gasteiger charge is 2.42. The van der Waals surface area contributed by atoms with Crippen molar-refractivity contribution in [2.75, 3.05) is 18.0 Å². The van der Waals surface area contributed by atoms with E-state index >= 15 is 4.39 Å². The molecule has 0 bridgehead atoms. The summed E-state index contributed by atoms with van der Waals surface area (Å²) in [6.07, 6.45) is 6.74. The zero-order valence-electron chi connectivity index (χ0n) is 21.8. The third-order valence-corrected chi connectivity index (χ3v) is 7.95. The second kappa shape index (κ2) is 9.20. The van der Waals surface area contributed by atoms with Crippen LogP contribution in [0.3, 0.4) is 0 Å². The van der Waals surface area contributed by atoms with E-state index in [1.807, 2.05) is 26.8 Å². The molecular weight excluding hydrogens is 522 g/mol. The molecule has 2 atom stereocenters. The molecule has 1 unspecified atom stereocenters. The van der Waals surface area contributed by atoms with Gasteiger partial charge in [0.15, 0.2) is 11.6 Å². The summed E-state index contributed by atoms with van der Waals surface area (Å²) in [6, 6.07) is 6.65. The molecule has 2 aliphatic rings. The Morgan fingerprint density at radius 3 is 2.56 bits per heavy atom. The first kappa shape index (κ1) is 25.6. The highest BCUT2D eigenvalue weighted by Crippen LogP contribution is 2.55. The average molecular weight is 549 g/mol. The SMILES string of the molecule is Cc1cnc(-c2ccnc(N3CC(C)(N)C3)c2F)cc1-n1c(C)cc([C@@H]2CC2c2cncc(F)c2)c(Cl)c1=O. The fourth-order valence-electron chi connectivity index (χ4n) is 5.57. The van der Waals surface area contributed by atoms with Crippen molar-refractivity contribution in [3.05, 3.63) is 98.4 Å². The van der Waals surface area contributed by atoms with Crippen LogP contribution in [0.15, 0.2) is 53.8 Å². The third-order valence-electron chi connectivity index (χ3n) is 7.57. The lowest BCUT2D eigenvalue weighted by Crippen LogP contribution is -2.66. The van der Waals surface area contributed by atoms with Crippen LogP contribution in [0.4, 0.5) is 14.6 Å². The summed E-state index contributed by atoms with van der Waals surface area (Å²) in [5.74, 6) is -0.577. The lowest BCUT2D eigenvalue weighted by Gasteiger charge is -2.46. The average Bonchev–Trinajstić information content (AvgIpc) is 3.67. The van der Waals surface area contributed by atoms with E-state index in [-0.39, 0.29) is 45.2 Å². The van der Waals surface area contributed by atoms with Crippen molar-refractivity contribution in [2.24, 2.45) is 5.73 Å². The number of aromatic nitrogens is 4. The van der Waals surface area contributed by atoms with Crippen molar-refractivity contribution < 1.29 is 8.78 Å². The molecule has 7 nitrogen and oxygen atoms in total. The second-order valence-corrected chi connectivity index (χ2v) is 11.3. The number of nitrogens with two attached hydrogens (primary N) is 1. The summed E-state index contributed by atoms with van der Waals surface area (Å²) in [4.78, 5) is 28.0. The summed E-state index contributed by atoms with van der Waals surface area (Å²) < 4.78 is 30.8. The number of rotatable bonds is 5. The van der Waals surface area contributed by atoms with Crippen LogP contribution in [0, 0.1) is 25.5 Å². The van der Waals surface area contributed by atoms with Crippen molar-refractivity contribution in [3.63, 3.8) is 0 Å². The van der Waals surface area contributed by atoms with E-state index in [9.17, 15) is 9.18 Å². The molecular formula is C29H27ClF2N6O. The maximum atomic E-state index is 15.6. The van der Waals surface area contributed by atoms with Gasteiger partial charge in [-0.3, -0.25) is 19.3 Å². The first-order chi connectivity index (χ1) is 18.5. The molecule has 10 heteroatoms. The van der Waals surface area contributed by atoms with Gasteiger partial charge in [-0.2, -0.15) is 0 Å². The van der Waals surface area contributed by atoms with Gasteiger partial charge in [0.1, 0.15) is 10.8 Å². The van der Waals surface area contributed by atoms with Crippen LogP contribution in [0.25, 0.3) is 16.9 Å². The first-order valence-electron chi connectivity index (χ1n) is 12.7. The van der Waals surface area contributed by atoms with Gasteiger partial charge in [-0.05, 0) is 80.0 Å². The van der Waals surface area contributed by atoms with Gasteiger partial charge in [0.05, 0.1) is 17.6 Å². The summed E-state index contributed by atoms with van der Waals surface area (Å²) in [5, 5.41) is 0.121. The largest absolute Gasteiger partial charge is 0.350 e. The Bertz CT molecular complexity index is 1680. The zero-order valence-corrected chi connectivity index (χ0v) is 22.5. The van der Waals surface area contributed by atoms with Crippen molar-refractivity contribution >= 4 is 17.4 Å². The van der Waals surface area contributed by atoms with Crippen LogP contribution in [0.5, 0.6) is 0 Å². The second-order valence-electron chi connectivity index (χ2n) is 10.9. The molecule has 2 fully saturated rings. The summed E-state index contributed by atoms with van der Waals surface area (Å²) in [7, 11) is 0. The van der Waals surface area contributed by atoms with Gasteiger partial charge in [0.25, 0.3) is 5.56 Å². The molecule has 0 aromatic carbocycles. The maximum absolute atomic E-state index is 15.6. The first-order valence-corrected chi connectivity index (χ1v) is 13.1. The van der Waals surface area contributed by atoms with Gasteiger partial charge in [-0.25, -0.2) is 13.8 Å². The summed E-state index contributed by atoms with van der Waals surface area (Å²) in [5.41, 5.74) is 9.53. The molecule has 4 aromatic rings. The molecule has 1 aliphatic heterocycles. The van der Waals surface area contributed by atoms with Crippen molar-refractivity contribution in [1.29, 1.82) is 0 Å². The molecule has 4 aromatic heterocycles. The topological polar surface area (TPSA) is 89.9 Å². The van der Waals surface area contributed by atoms with Crippen LogP contribution in [0.2, 0.25) is 5.02 Å². The molecule has 1 saturated heterocycles. The maximum Gasteiger partial charge on any atom is 0.274 e. The summed E-state index contributed by atoms with van der Waals surface area (Å²) >= 11 is 6.65. The van der Waals surface area contributed by atoms with Gasteiger partial charge in [-0.15, -0.1) is 0 Å². The van der Waals surface area contributed by atoms with Crippen molar-refractivity contribution in [2.45, 2.75) is 44.6 Å². The molecule has 200 valence electrons. The standard InChI is InChI=1S/C29H27ClF2N6O/c1-15-10-36-23(19-4-5-35-27(26(19)32)37-13-29(3,33)14-37)9-24(15)38-16(2)6-22(25(30)28(38)39)21-8-20(21)17-7-18(31)12-34-11-17/h4-7,9-12,20-21H,8,13-14,33H2,1-3H3/t20?,21-/m1/s1. The Morgan fingerprint density at radius 1 is 1.08 bits per heavy atom. The van der Waals surface area contributed by atoms with Gasteiger partial charge in [-0.1, -0.05) is 11.6 Å². The quantitative estimate of drug-likeness (QED) is 0.375. The molecule has 1 aliphatic carbocycles. The fourth-order valence-corrected chi connectivity index (χ4v) is 5.85. The molecule has 2 N–H and O–H groups in total. The van der Waals surface area contributed by atoms with E-state index in [4.69, 9.17) is 17.3 Å². The predicted octanol–water partition coefficient (Wildman–Crippen LogP) is 5.05. The minimum absolute atomic E-state index is 0.0115. The van der Waals surface area contributed by atoms with Gasteiger partial charge >= 0.3 is 0 Å². The number of anilines is 1. The Labute approximate surface area is 229 Å². The number of pyridine rings is 4. The normalized spacial score (nSPS) is 19.6. The monoisotopic (exact) mass is 548 g/mol. The number of halogens is 3. The van der Waals surface area contributed by atoms with Crippen LogP contribution >= 0.6 is 11.6 Å². The minimum Gasteiger partial charge on any atom is -0.350 e.